The number of fused-ring (bicyclic) bond motifs is 1. The molecule has 1 aromatic heterocycles. The van der Waals surface area contributed by atoms with E-state index in [1.807, 2.05) is 12.1 Å². The van der Waals surface area contributed by atoms with Gasteiger partial charge in [0.25, 0.3) is 0 Å². The molecule has 0 saturated heterocycles. The SMILES string of the molecule is Nc1onc(C2Cc3ccccc32)c1-c1ccc(F)cc1. The van der Waals surface area contributed by atoms with Crippen molar-refractivity contribution in [2.24, 2.45) is 0 Å². The summed E-state index contributed by atoms with van der Waals surface area (Å²) in [5.74, 6) is 0.201. The molecule has 4 rings (SSSR count). The van der Waals surface area contributed by atoms with Crippen LogP contribution in [0.3, 0.4) is 0 Å². The average molecular weight is 280 g/mol. The highest BCUT2D eigenvalue weighted by Gasteiger charge is 2.33. The maximum absolute atomic E-state index is 13.1. The fourth-order valence-electron chi connectivity index (χ4n) is 2.96. The van der Waals surface area contributed by atoms with Crippen LogP contribution in [0.5, 0.6) is 0 Å². The van der Waals surface area contributed by atoms with Crippen LogP contribution in [-0.2, 0) is 6.42 Å². The van der Waals surface area contributed by atoms with Crippen LogP contribution < -0.4 is 5.73 Å². The Morgan fingerprint density at radius 1 is 1.10 bits per heavy atom. The Kier molecular flexibility index (Phi) is 2.57. The molecule has 0 radical (unpaired) electrons. The molecule has 4 heteroatoms. The van der Waals surface area contributed by atoms with Crippen LogP contribution >= 0.6 is 0 Å². The molecule has 2 aromatic carbocycles. The lowest BCUT2D eigenvalue weighted by Crippen LogP contribution is -2.18. The summed E-state index contributed by atoms with van der Waals surface area (Å²) >= 11 is 0. The highest BCUT2D eigenvalue weighted by Crippen LogP contribution is 2.44. The molecule has 1 aliphatic rings. The van der Waals surface area contributed by atoms with Gasteiger partial charge in [-0.2, -0.15) is 0 Å². The number of benzene rings is 2. The summed E-state index contributed by atoms with van der Waals surface area (Å²) in [6, 6.07) is 14.5. The molecule has 0 aliphatic heterocycles. The van der Waals surface area contributed by atoms with Gasteiger partial charge < -0.3 is 10.3 Å². The minimum absolute atomic E-state index is 0.197. The quantitative estimate of drug-likeness (QED) is 0.777. The van der Waals surface area contributed by atoms with Gasteiger partial charge in [0.05, 0.1) is 5.56 Å². The Hall–Kier alpha value is -2.62. The Labute approximate surface area is 121 Å². The Morgan fingerprint density at radius 3 is 2.62 bits per heavy atom. The highest BCUT2D eigenvalue weighted by molar-refractivity contribution is 5.76. The second-order valence-electron chi connectivity index (χ2n) is 5.27. The second kappa shape index (κ2) is 4.45. The van der Waals surface area contributed by atoms with Crippen LogP contribution in [0.4, 0.5) is 10.3 Å². The Bertz CT molecular complexity index is 808. The van der Waals surface area contributed by atoms with Crippen molar-refractivity contribution >= 4 is 5.88 Å². The van der Waals surface area contributed by atoms with E-state index in [0.717, 1.165) is 23.2 Å². The average Bonchev–Trinajstić information content (AvgIpc) is 2.83. The number of hydrogen-bond donors (Lipinski definition) is 1. The lowest BCUT2D eigenvalue weighted by molar-refractivity contribution is 0.420. The van der Waals surface area contributed by atoms with Gasteiger partial charge in [-0.3, -0.25) is 0 Å². The molecule has 1 unspecified atom stereocenters. The normalized spacial score (nSPS) is 16.3. The molecule has 3 aromatic rings. The molecule has 0 spiro atoms. The number of halogens is 1. The fraction of sp³-hybridized carbons (Fsp3) is 0.118. The topological polar surface area (TPSA) is 52.0 Å². The Morgan fingerprint density at radius 2 is 1.86 bits per heavy atom. The summed E-state index contributed by atoms with van der Waals surface area (Å²) in [5, 5.41) is 4.14. The molecule has 1 aliphatic carbocycles. The van der Waals surface area contributed by atoms with Crippen molar-refractivity contribution < 1.29 is 8.91 Å². The van der Waals surface area contributed by atoms with Crippen LogP contribution in [0, 0.1) is 5.82 Å². The van der Waals surface area contributed by atoms with Gasteiger partial charge in [-0.1, -0.05) is 41.6 Å². The maximum Gasteiger partial charge on any atom is 0.230 e. The molecule has 0 fully saturated rings. The minimum atomic E-state index is -0.274. The van der Waals surface area contributed by atoms with Crippen LogP contribution in [-0.4, -0.2) is 5.16 Å². The van der Waals surface area contributed by atoms with E-state index in [9.17, 15) is 4.39 Å². The lowest BCUT2D eigenvalue weighted by atomic mass is 9.74. The summed E-state index contributed by atoms with van der Waals surface area (Å²) < 4.78 is 18.3. The first-order valence-corrected chi connectivity index (χ1v) is 6.83. The first-order chi connectivity index (χ1) is 10.2. The van der Waals surface area contributed by atoms with Crippen LogP contribution in [0.25, 0.3) is 11.1 Å². The fourth-order valence-corrected chi connectivity index (χ4v) is 2.96. The van der Waals surface area contributed by atoms with E-state index in [1.165, 1.54) is 23.3 Å². The van der Waals surface area contributed by atoms with E-state index >= 15 is 0 Å². The number of aromatic nitrogens is 1. The van der Waals surface area contributed by atoms with Crippen LogP contribution in [0.1, 0.15) is 22.7 Å². The van der Waals surface area contributed by atoms with Gasteiger partial charge >= 0.3 is 0 Å². The monoisotopic (exact) mass is 280 g/mol. The number of anilines is 1. The smallest absolute Gasteiger partial charge is 0.230 e. The third-order valence-corrected chi connectivity index (χ3v) is 4.06. The number of nitrogens with zero attached hydrogens (tertiary/aromatic N) is 1. The predicted molar refractivity (Wildman–Crippen MR) is 78.3 cm³/mol. The number of hydrogen-bond acceptors (Lipinski definition) is 3. The third-order valence-electron chi connectivity index (χ3n) is 4.06. The van der Waals surface area contributed by atoms with E-state index in [1.54, 1.807) is 12.1 Å². The molecule has 1 heterocycles. The van der Waals surface area contributed by atoms with Gasteiger partial charge in [0.2, 0.25) is 5.88 Å². The lowest BCUT2D eigenvalue weighted by Gasteiger charge is -2.29. The minimum Gasteiger partial charge on any atom is -0.367 e. The summed E-state index contributed by atoms with van der Waals surface area (Å²) in [6.07, 6.45) is 0.927. The van der Waals surface area contributed by atoms with Crippen molar-refractivity contribution in [2.75, 3.05) is 5.73 Å². The van der Waals surface area contributed by atoms with E-state index < -0.39 is 0 Å². The van der Waals surface area contributed by atoms with Crippen LogP contribution in [0.2, 0.25) is 0 Å². The largest absolute Gasteiger partial charge is 0.367 e. The zero-order valence-corrected chi connectivity index (χ0v) is 11.2. The zero-order valence-electron chi connectivity index (χ0n) is 11.2. The van der Waals surface area contributed by atoms with Gasteiger partial charge in [0.1, 0.15) is 11.5 Å². The Balaban J connectivity index is 1.81. The summed E-state index contributed by atoms with van der Waals surface area (Å²) in [7, 11) is 0. The molecular formula is C17H13FN2O. The zero-order chi connectivity index (χ0) is 14.4. The summed E-state index contributed by atoms with van der Waals surface area (Å²) in [5.41, 5.74) is 10.9. The molecule has 21 heavy (non-hydrogen) atoms. The van der Waals surface area contributed by atoms with Crippen molar-refractivity contribution in [1.82, 2.24) is 5.16 Å². The maximum atomic E-state index is 13.1. The van der Waals surface area contributed by atoms with E-state index in [2.05, 4.69) is 17.3 Å². The standard InChI is InChI=1S/C17H13FN2O/c18-12-7-5-10(6-8-12)15-16(20-21-17(15)19)14-9-11-3-1-2-4-13(11)14/h1-8,14H,9,19H2. The first-order valence-electron chi connectivity index (χ1n) is 6.83. The summed E-state index contributed by atoms with van der Waals surface area (Å²) in [4.78, 5) is 0. The third kappa shape index (κ3) is 1.83. The number of rotatable bonds is 2. The number of nitrogens with two attached hydrogens (primary N) is 1. The molecule has 2 N–H and O–H groups in total. The van der Waals surface area contributed by atoms with Crippen LogP contribution in [0.15, 0.2) is 53.1 Å². The predicted octanol–water partition coefficient (Wildman–Crippen LogP) is 3.75. The van der Waals surface area contributed by atoms with E-state index in [4.69, 9.17) is 10.3 Å². The van der Waals surface area contributed by atoms with E-state index in [-0.39, 0.29) is 17.6 Å². The van der Waals surface area contributed by atoms with Crippen molar-refractivity contribution in [1.29, 1.82) is 0 Å². The van der Waals surface area contributed by atoms with Crippen molar-refractivity contribution in [3.05, 3.63) is 71.2 Å². The van der Waals surface area contributed by atoms with Gasteiger partial charge in [-0.15, -0.1) is 0 Å². The van der Waals surface area contributed by atoms with Crippen molar-refractivity contribution in [3.8, 4) is 11.1 Å². The molecule has 0 bridgehead atoms. The van der Waals surface area contributed by atoms with Gasteiger partial charge in [-0.25, -0.2) is 4.39 Å². The van der Waals surface area contributed by atoms with Gasteiger partial charge in [-0.05, 0) is 35.2 Å². The molecule has 3 nitrogen and oxygen atoms in total. The van der Waals surface area contributed by atoms with Crippen molar-refractivity contribution in [2.45, 2.75) is 12.3 Å². The highest BCUT2D eigenvalue weighted by atomic mass is 19.1. The molecular weight excluding hydrogens is 267 g/mol. The second-order valence-corrected chi connectivity index (χ2v) is 5.27. The molecule has 104 valence electrons. The molecule has 1 atom stereocenters. The van der Waals surface area contributed by atoms with Crippen molar-refractivity contribution in [3.63, 3.8) is 0 Å². The van der Waals surface area contributed by atoms with E-state index in [0.29, 0.717) is 0 Å². The number of nitrogen functional groups attached to an aromatic ring is 1. The summed E-state index contributed by atoms with van der Waals surface area (Å²) in [6.45, 7) is 0. The molecule has 0 amide bonds. The van der Waals surface area contributed by atoms with Gasteiger partial charge in [0.15, 0.2) is 0 Å². The van der Waals surface area contributed by atoms with Gasteiger partial charge in [0, 0.05) is 5.92 Å². The molecule has 0 saturated carbocycles. The first kappa shape index (κ1) is 12.1.